The first-order valence-corrected chi connectivity index (χ1v) is 14.1. The van der Waals surface area contributed by atoms with Crippen molar-refractivity contribution in [3.05, 3.63) is 59.2 Å². The molecule has 232 valence electrons. The molecular formula is C28H37BN4O10. The molecule has 15 heteroatoms. The van der Waals surface area contributed by atoms with Crippen LogP contribution in [0.1, 0.15) is 34.3 Å². The van der Waals surface area contributed by atoms with E-state index < -0.39 is 60.8 Å². The molecular weight excluding hydrogens is 563 g/mol. The molecule has 2 saturated heterocycles. The van der Waals surface area contributed by atoms with Crippen LogP contribution in [0.15, 0.2) is 42.5 Å². The van der Waals surface area contributed by atoms with Gasteiger partial charge in [-0.05, 0) is 36.5 Å². The number of aromatic hydroxyl groups is 1. The number of nitrogens with zero attached hydrogens (tertiary/aromatic N) is 3. The molecule has 43 heavy (non-hydrogen) atoms. The van der Waals surface area contributed by atoms with Crippen molar-refractivity contribution in [2.24, 2.45) is 0 Å². The molecule has 0 aliphatic carbocycles. The van der Waals surface area contributed by atoms with E-state index in [1.54, 1.807) is 21.9 Å². The summed E-state index contributed by atoms with van der Waals surface area (Å²) in [5, 5.41) is 62.6. The van der Waals surface area contributed by atoms with Gasteiger partial charge in [-0.2, -0.15) is 0 Å². The molecule has 2 aromatic rings. The fraction of sp³-hybridized carbons (Fsp3) is 0.464. The van der Waals surface area contributed by atoms with Gasteiger partial charge in [0.15, 0.2) is 6.23 Å². The van der Waals surface area contributed by atoms with Crippen molar-refractivity contribution in [2.45, 2.75) is 44.1 Å². The number of likely N-dealkylation sites (tertiary alicyclic amines) is 1. The number of rotatable bonds is 12. The fourth-order valence-electron chi connectivity index (χ4n) is 5.28. The second-order valence-corrected chi connectivity index (χ2v) is 10.6. The van der Waals surface area contributed by atoms with Crippen LogP contribution >= 0.6 is 0 Å². The highest BCUT2D eigenvalue weighted by Crippen LogP contribution is 2.35. The van der Waals surface area contributed by atoms with E-state index in [-0.39, 0.29) is 50.2 Å². The van der Waals surface area contributed by atoms with Crippen LogP contribution in [0.2, 0.25) is 6.32 Å². The third-order valence-electron chi connectivity index (χ3n) is 7.81. The summed E-state index contributed by atoms with van der Waals surface area (Å²) in [7, 11) is -1.60. The van der Waals surface area contributed by atoms with Crippen molar-refractivity contribution in [3.63, 3.8) is 0 Å². The topological polar surface area (TPSA) is 204 Å². The smallest absolute Gasteiger partial charge is 0.451 e. The van der Waals surface area contributed by atoms with Gasteiger partial charge in [0.2, 0.25) is 0 Å². The fourth-order valence-corrected chi connectivity index (χ4v) is 5.28. The van der Waals surface area contributed by atoms with E-state index in [9.17, 15) is 34.8 Å². The number of aryl methyl sites for hydroxylation is 1. The van der Waals surface area contributed by atoms with Crippen molar-refractivity contribution < 1.29 is 49.6 Å². The number of aromatic carboxylic acids is 1. The van der Waals surface area contributed by atoms with E-state index in [0.29, 0.717) is 13.1 Å². The largest absolute Gasteiger partial charge is 0.507 e. The highest BCUT2D eigenvalue weighted by molar-refractivity contribution is 6.41. The van der Waals surface area contributed by atoms with Crippen LogP contribution in [0.4, 0.5) is 4.79 Å². The van der Waals surface area contributed by atoms with Crippen LogP contribution in [0.5, 0.6) is 11.5 Å². The SMILES string of the molecule is CCN1CCN(C(=O)NCC(c2ccccc2)C(O)N2CC(Oc3ccc(CCB(O)O)c(O)c3C(=O)O)C2)C(=O)C1O. The molecule has 0 aromatic heterocycles. The zero-order chi connectivity index (χ0) is 31.3. The summed E-state index contributed by atoms with van der Waals surface area (Å²) in [6, 6.07) is 11.2. The van der Waals surface area contributed by atoms with Crippen LogP contribution in [-0.2, 0) is 11.2 Å². The lowest BCUT2D eigenvalue weighted by molar-refractivity contribution is -0.153. The van der Waals surface area contributed by atoms with E-state index in [2.05, 4.69) is 5.32 Å². The summed E-state index contributed by atoms with van der Waals surface area (Å²) in [5.41, 5.74) is 0.538. The quantitative estimate of drug-likeness (QED) is 0.154. The Morgan fingerprint density at radius 1 is 1.12 bits per heavy atom. The minimum Gasteiger partial charge on any atom is -0.507 e. The molecule has 0 radical (unpaired) electrons. The number of hydrogen-bond acceptors (Lipinski definition) is 11. The van der Waals surface area contributed by atoms with Gasteiger partial charge < -0.3 is 40.5 Å². The highest BCUT2D eigenvalue weighted by atomic mass is 16.5. The Morgan fingerprint density at radius 2 is 1.81 bits per heavy atom. The molecule has 2 aliphatic rings. The maximum absolute atomic E-state index is 12.9. The summed E-state index contributed by atoms with van der Waals surface area (Å²) in [4.78, 5) is 41.5. The van der Waals surface area contributed by atoms with Gasteiger partial charge in [0.25, 0.3) is 5.91 Å². The van der Waals surface area contributed by atoms with Gasteiger partial charge in [0.05, 0.1) is 0 Å². The second-order valence-electron chi connectivity index (χ2n) is 10.6. The third kappa shape index (κ3) is 7.44. The number of phenols is 1. The van der Waals surface area contributed by atoms with Crippen molar-refractivity contribution in [1.29, 1.82) is 0 Å². The van der Waals surface area contributed by atoms with E-state index in [4.69, 9.17) is 14.8 Å². The Hall–Kier alpha value is -3.73. The minimum atomic E-state index is -1.60. The number of aliphatic hydroxyl groups is 2. The summed E-state index contributed by atoms with van der Waals surface area (Å²) in [5.74, 6) is -3.28. The number of ether oxygens (including phenoxy) is 1. The van der Waals surface area contributed by atoms with Crippen LogP contribution < -0.4 is 10.1 Å². The van der Waals surface area contributed by atoms with Crippen LogP contribution in [-0.4, -0.2) is 128 Å². The molecule has 7 N–H and O–H groups in total. The number of urea groups is 1. The Morgan fingerprint density at radius 3 is 2.44 bits per heavy atom. The molecule has 0 spiro atoms. The van der Waals surface area contributed by atoms with E-state index in [1.807, 2.05) is 25.1 Å². The summed E-state index contributed by atoms with van der Waals surface area (Å²) < 4.78 is 5.85. The molecule has 14 nitrogen and oxygen atoms in total. The first-order valence-electron chi connectivity index (χ1n) is 14.1. The number of piperazine rings is 1. The Bertz CT molecular complexity index is 1290. The van der Waals surface area contributed by atoms with Gasteiger partial charge in [0.1, 0.15) is 29.4 Å². The average Bonchev–Trinajstić information content (AvgIpc) is 2.95. The lowest BCUT2D eigenvalue weighted by atomic mass is 9.82. The molecule has 0 saturated carbocycles. The normalized spacial score (nSPS) is 19.4. The van der Waals surface area contributed by atoms with Gasteiger partial charge in [-0.3, -0.25) is 19.5 Å². The molecule has 4 rings (SSSR count). The number of aliphatic hydroxyl groups excluding tert-OH is 2. The van der Waals surface area contributed by atoms with E-state index in [0.717, 1.165) is 10.5 Å². The van der Waals surface area contributed by atoms with Crippen molar-refractivity contribution in [1.82, 2.24) is 20.0 Å². The number of carboxylic acids is 1. The number of carboxylic acid groups (broad SMARTS) is 1. The van der Waals surface area contributed by atoms with Gasteiger partial charge in [-0.25, -0.2) is 9.59 Å². The Balaban J connectivity index is 1.40. The number of amides is 3. The molecule has 0 bridgehead atoms. The third-order valence-corrected chi connectivity index (χ3v) is 7.81. The number of carbonyl (C=O) groups is 3. The lowest BCUT2D eigenvalue weighted by Crippen LogP contribution is -2.61. The van der Waals surface area contributed by atoms with Gasteiger partial charge in [-0.1, -0.05) is 43.3 Å². The van der Waals surface area contributed by atoms with Gasteiger partial charge >= 0.3 is 19.1 Å². The summed E-state index contributed by atoms with van der Waals surface area (Å²) >= 11 is 0. The average molecular weight is 600 g/mol. The first kappa shape index (κ1) is 32.2. The Labute approximate surface area is 248 Å². The molecule has 2 aliphatic heterocycles. The number of imide groups is 1. The van der Waals surface area contributed by atoms with Gasteiger partial charge in [0, 0.05) is 38.6 Å². The standard InChI is InChI=1S/C28H37BN4O10/c1-2-31-12-13-33(26(37)25(31)36)28(40)30-14-20(17-6-4-3-5-7-17)24(35)32-15-19(16-32)43-21-9-8-18(10-11-29(41)42)23(34)22(21)27(38)39/h3-9,19-20,24-25,34-36,41-42H,2,10-16H2,1H3,(H,30,40)(H,38,39). The first-order chi connectivity index (χ1) is 20.5. The van der Waals surface area contributed by atoms with E-state index >= 15 is 0 Å². The van der Waals surface area contributed by atoms with Crippen molar-refractivity contribution in [2.75, 3.05) is 39.3 Å². The molecule has 3 amide bonds. The maximum atomic E-state index is 12.9. The van der Waals surface area contributed by atoms with Crippen molar-refractivity contribution in [3.8, 4) is 11.5 Å². The van der Waals surface area contributed by atoms with Crippen LogP contribution in [0, 0.1) is 0 Å². The highest BCUT2D eigenvalue weighted by Gasteiger charge is 2.40. The van der Waals surface area contributed by atoms with Crippen molar-refractivity contribution >= 4 is 25.0 Å². The zero-order valence-corrected chi connectivity index (χ0v) is 23.7. The van der Waals surface area contributed by atoms with Gasteiger partial charge in [-0.15, -0.1) is 0 Å². The molecule has 2 aromatic carbocycles. The monoisotopic (exact) mass is 600 g/mol. The molecule has 2 heterocycles. The number of hydrogen-bond donors (Lipinski definition) is 7. The van der Waals surface area contributed by atoms with E-state index in [1.165, 1.54) is 12.1 Å². The number of likely N-dealkylation sites (N-methyl/N-ethyl adjacent to an activating group) is 1. The second kappa shape index (κ2) is 14.2. The summed E-state index contributed by atoms with van der Waals surface area (Å²) in [6.45, 7) is 3.17. The van der Waals surface area contributed by atoms with Crippen LogP contribution in [0.25, 0.3) is 0 Å². The molecule has 2 fully saturated rings. The number of carbonyl (C=O) groups excluding carboxylic acids is 2. The minimum absolute atomic E-state index is 0.00949. The number of benzene rings is 2. The predicted octanol–water partition coefficient (Wildman–Crippen LogP) is -0.537. The molecule has 3 atom stereocenters. The number of nitrogens with one attached hydrogen (secondary N) is 1. The summed E-state index contributed by atoms with van der Waals surface area (Å²) in [6.07, 6.45) is -3.00. The maximum Gasteiger partial charge on any atom is 0.451 e. The lowest BCUT2D eigenvalue weighted by Gasteiger charge is -2.44. The molecule has 3 unspecified atom stereocenters. The Kier molecular flexibility index (Phi) is 10.6. The zero-order valence-electron chi connectivity index (χ0n) is 23.7. The van der Waals surface area contributed by atoms with Crippen LogP contribution in [0.3, 0.4) is 0 Å². The predicted molar refractivity (Wildman–Crippen MR) is 153 cm³/mol.